The van der Waals surface area contributed by atoms with Crippen LogP contribution in [0.4, 0.5) is 5.69 Å². The average molecular weight is 274 g/mol. The molecule has 0 spiro atoms. The molecule has 0 aliphatic heterocycles. The third-order valence-corrected chi connectivity index (χ3v) is 3.54. The fraction of sp³-hybridized carbons (Fsp3) is 0.588. The normalized spacial score (nSPS) is 11.7. The van der Waals surface area contributed by atoms with Crippen LogP contribution in [0.3, 0.4) is 0 Å². The molecule has 0 atom stereocenters. The number of nitrogens with zero attached hydrogens (tertiary/aromatic N) is 1. The highest BCUT2D eigenvalue weighted by Gasteiger charge is 2.11. The Morgan fingerprint density at radius 1 is 1.15 bits per heavy atom. The van der Waals surface area contributed by atoms with Gasteiger partial charge in [-0.2, -0.15) is 0 Å². The summed E-state index contributed by atoms with van der Waals surface area (Å²) in [7, 11) is 0. The van der Waals surface area contributed by atoms with Crippen molar-refractivity contribution in [1.29, 1.82) is 0 Å². The van der Waals surface area contributed by atoms with Gasteiger partial charge in [0, 0.05) is 17.6 Å². The van der Waals surface area contributed by atoms with Crippen LogP contribution >= 0.6 is 0 Å². The molecule has 1 N–H and O–H groups in total. The Kier molecular flexibility index (Phi) is 5.05. The van der Waals surface area contributed by atoms with Gasteiger partial charge in [-0.15, -0.1) is 0 Å². The van der Waals surface area contributed by atoms with Crippen molar-refractivity contribution in [3.63, 3.8) is 0 Å². The second-order valence-corrected chi connectivity index (χ2v) is 5.81. The molecule has 2 rings (SSSR count). The lowest BCUT2D eigenvalue weighted by Gasteiger charge is -2.18. The predicted octanol–water partition coefficient (Wildman–Crippen LogP) is 5.33. The summed E-state index contributed by atoms with van der Waals surface area (Å²) in [5.41, 5.74) is 2.97. The van der Waals surface area contributed by atoms with Gasteiger partial charge in [0.1, 0.15) is 5.52 Å². The highest BCUT2D eigenvalue weighted by Crippen LogP contribution is 2.24. The quantitative estimate of drug-likeness (QED) is 0.741. The molecule has 0 aliphatic rings. The molecule has 0 bridgehead atoms. The SMILES string of the molecule is CCCC(CCC)Nc1ccc2oc(C(C)C)nc2c1. The molecule has 0 saturated carbocycles. The minimum absolute atomic E-state index is 0.326. The molecule has 0 amide bonds. The lowest BCUT2D eigenvalue weighted by molar-refractivity contribution is 0.501. The Labute approximate surface area is 121 Å². The third-order valence-electron chi connectivity index (χ3n) is 3.54. The molecule has 0 unspecified atom stereocenters. The maximum Gasteiger partial charge on any atom is 0.198 e. The third kappa shape index (κ3) is 3.53. The van der Waals surface area contributed by atoms with Crippen molar-refractivity contribution in [3.8, 4) is 0 Å². The topological polar surface area (TPSA) is 38.1 Å². The summed E-state index contributed by atoms with van der Waals surface area (Å²) in [6.07, 6.45) is 4.84. The van der Waals surface area contributed by atoms with Crippen molar-refractivity contribution < 1.29 is 4.42 Å². The maximum atomic E-state index is 5.75. The molecule has 3 nitrogen and oxygen atoms in total. The standard InChI is InChI=1S/C17H26N2O/c1-5-7-13(8-6-2)18-14-9-10-16-15(11-14)19-17(20-16)12(3)4/h9-13,18H,5-8H2,1-4H3. The highest BCUT2D eigenvalue weighted by atomic mass is 16.3. The first-order valence-corrected chi connectivity index (χ1v) is 7.81. The minimum atomic E-state index is 0.326. The van der Waals surface area contributed by atoms with E-state index in [4.69, 9.17) is 4.42 Å². The summed E-state index contributed by atoms with van der Waals surface area (Å²) in [4.78, 5) is 4.57. The van der Waals surface area contributed by atoms with Gasteiger partial charge in [-0.3, -0.25) is 0 Å². The zero-order valence-corrected chi connectivity index (χ0v) is 13.1. The number of rotatable bonds is 7. The lowest BCUT2D eigenvalue weighted by Crippen LogP contribution is -2.18. The van der Waals surface area contributed by atoms with Crippen LogP contribution in [0.15, 0.2) is 22.6 Å². The zero-order valence-electron chi connectivity index (χ0n) is 13.1. The monoisotopic (exact) mass is 274 g/mol. The Hall–Kier alpha value is -1.51. The van der Waals surface area contributed by atoms with E-state index in [1.807, 2.05) is 6.07 Å². The molecule has 2 aromatic rings. The van der Waals surface area contributed by atoms with E-state index in [-0.39, 0.29) is 0 Å². The molecule has 110 valence electrons. The van der Waals surface area contributed by atoms with E-state index in [2.05, 4.69) is 50.1 Å². The number of oxazole rings is 1. The first kappa shape index (κ1) is 14.9. The smallest absolute Gasteiger partial charge is 0.198 e. The van der Waals surface area contributed by atoms with Crippen molar-refractivity contribution in [3.05, 3.63) is 24.1 Å². The van der Waals surface area contributed by atoms with Crippen LogP contribution < -0.4 is 5.32 Å². The Morgan fingerprint density at radius 3 is 2.45 bits per heavy atom. The largest absolute Gasteiger partial charge is 0.440 e. The van der Waals surface area contributed by atoms with E-state index in [1.165, 1.54) is 25.7 Å². The van der Waals surface area contributed by atoms with Gasteiger partial charge in [-0.1, -0.05) is 40.5 Å². The first-order chi connectivity index (χ1) is 9.63. The molecule has 0 fully saturated rings. The van der Waals surface area contributed by atoms with Crippen LogP contribution in [0, 0.1) is 0 Å². The second kappa shape index (κ2) is 6.78. The molecule has 20 heavy (non-hydrogen) atoms. The fourth-order valence-electron chi connectivity index (χ4n) is 2.50. The van der Waals surface area contributed by atoms with E-state index in [1.54, 1.807) is 0 Å². The number of nitrogens with one attached hydrogen (secondary N) is 1. The van der Waals surface area contributed by atoms with Crippen molar-refractivity contribution >= 4 is 16.8 Å². The molecule has 1 aromatic heterocycles. The van der Waals surface area contributed by atoms with Crippen LogP contribution in [0.2, 0.25) is 0 Å². The molecular formula is C17H26N2O. The highest BCUT2D eigenvalue weighted by molar-refractivity contribution is 5.77. The van der Waals surface area contributed by atoms with Gasteiger partial charge in [0.25, 0.3) is 0 Å². The van der Waals surface area contributed by atoms with Crippen LogP contribution in [0.1, 0.15) is 65.2 Å². The van der Waals surface area contributed by atoms with Crippen molar-refractivity contribution in [2.45, 2.75) is 65.3 Å². The summed E-state index contributed by atoms with van der Waals surface area (Å²) in [6, 6.07) is 6.77. The van der Waals surface area contributed by atoms with E-state index in [0.29, 0.717) is 12.0 Å². The van der Waals surface area contributed by atoms with Gasteiger partial charge >= 0.3 is 0 Å². The first-order valence-electron chi connectivity index (χ1n) is 7.81. The van der Waals surface area contributed by atoms with Gasteiger partial charge in [0.05, 0.1) is 0 Å². The number of hydrogen-bond acceptors (Lipinski definition) is 3. The number of benzene rings is 1. The van der Waals surface area contributed by atoms with Crippen molar-refractivity contribution in [2.24, 2.45) is 0 Å². The summed E-state index contributed by atoms with van der Waals surface area (Å²) < 4.78 is 5.75. The summed E-state index contributed by atoms with van der Waals surface area (Å²) in [5, 5.41) is 3.63. The summed E-state index contributed by atoms with van der Waals surface area (Å²) in [5.74, 6) is 1.14. The van der Waals surface area contributed by atoms with Crippen LogP contribution in [0.5, 0.6) is 0 Å². The van der Waals surface area contributed by atoms with Gasteiger partial charge < -0.3 is 9.73 Å². The number of hydrogen-bond donors (Lipinski definition) is 1. The lowest BCUT2D eigenvalue weighted by atomic mass is 10.1. The molecule has 0 saturated heterocycles. The number of aromatic nitrogens is 1. The molecular weight excluding hydrogens is 248 g/mol. The van der Waals surface area contributed by atoms with Crippen LogP contribution in [-0.2, 0) is 0 Å². The molecule has 3 heteroatoms. The number of fused-ring (bicyclic) bond motifs is 1. The van der Waals surface area contributed by atoms with E-state index >= 15 is 0 Å². The minimum Gasteiger partial charge on any atom is -0.440 e. The average Bonchev–Trinajstić information content (AvgIpc) is 2.82. The fourth-order valence-corrected chi connectivity index (χ4v) is 2.50. The second-order valence-electron chi connectivity index (χ2n) is 5.81. The zero-order chi connectivity index (χ0) is 14.5. The molecule has 0 radical (unpaired) electrons. The maximum absolute atomic E-state index is 5.75. The van der Waals surface area contributed by atoms with Crippen LogP contribution in [0.25, 0.3) is 11.1 Å². The molecule has 1 heterocycles. The summed E-state index contributed by atoms with van der Waals surface area (Å²) in [6.45, 7) is 8.67. The van der Waals surface area contributed by atoms with Gasteiger partial charge in [-0.05, 0) is 31.0 Å². The van der Waals surface area contributed by atoms with Crippen LogP contribution in [-0.4, -0.2) is 11.0 Å². The van der Waals surface area contributed by atoms with E-state index < -0.39 is 0 Å². The Balaban J connectivity index is 2.17. The van der Waals surface area contributed by atoms with Gasteiger partial charge in [0.2, 0.25) is 0 Å². The summed E-state index contributed by atoms with van der Waals surface area (Å²) >= 11 is 0. The Morgan fingerprint density at radius 2 is 1.85 bits per heavy atom. The van der Waals surface area contributed by atoms with Crippen molar-refractivity contribution in [2.75, 3.05) is 5.32 Å². The molecule has 1 aromatic carbocycles. The van der Waals surface area contributed by atoms with Crippen molar-refractivity contribution in [1.82, 2.24) is 4.98 Å². The van der Waals surface area contributed by atoms with E-state index in [0.717, 1.165) is 22.7 Å². The van der Waals surface area contributed by atoms with Gasteiger partial charge in [0.15, 0.2) is 11.5 Å². The molecule has 0 aliphatic carbocycles. The van der Waals surface area contributed by atoms with Gasteiger partial charge in [-0.25, -0.2) is 4.98 Å². The number of anilines is 1. The van der Waals surface area contributed by atoms with E-state index in [9.17, 15) is 0 Å². The Bertz CT molecular complexity index is 539. The predicted molar refractivity (Wildman–Crippen MR) is 85.3 cm³/mol.